The maximum Gasteiger partial charge on any atom is 0.241 e. The summed E-state index contributed by atoms with van der Waals surface area (Å²) in [4.78, 5) is 25.3. The summed E-state index contributed by atoms with van der Waals surface area (Å²) in [5, 5.41) is 2.87. The predicted octanol–water partition coefficient (Wildman–Crippen LogP) is 2.95. The van der Waals surface area contributed by atoms with Crippen LogP contribution in [0.25, 0.3) is 0 Å². The summed E-state index contributed by atoms with van der Waals surface area (Å²) in [5.41, 5.74) is 1.37. The number of carbonyl (C=O) groups excluding carboxylic acids is 2. The summed E-state index contributed by atoms with van der Waals surface area (Å²) in [6.07, 6.45) is 2.20. The van der Waals surface area contributed by atoms with E-state index in [4.69, 9.17) is 0 Å². The first-order valence-electron chi connectivity index (χ1n) is 7.07. The van der Waals surface area contributed by atoms with Crippen molar-refractivity contribution >= 4 is 17.4 Å². The molecule has 1 rings (SSSR count). The third-order valence-corrected chi connectivity index (χ3v) is 3.46. The number of hydrogen-bond acceptors (Lipinski definition) is 3. The third-order valence-electron chi connectivity index (χ3n) is 3.46. The van der Waals surface area contributed by atoms with Gasteiger partial charge in [-0.25, -0.2) is 0 Å². The highest BCUT2D eigenvalue weighted by Crippen LogP contribution is 2.11. The van der Waals surface area contributed by atoms with Crippen molar-refractivity contribution in [3.05, 3.63) is 29.8 Å². The first-order valence-corrected chi connectivity index (χ1v) is 7.07. The van der Waals surface area contributed by atoms with Crippen molar-refractivity contribution in [2.45, 2.75) is 39.7 Å². The van der Waals surface area contributed by atoms with Gasteiger partial charge in [-0.05, 0) is 58.1 Å². The lowest BCUT2D eigenvalue weighted by molar-refractivity contribution is -0.120. The average molecular weight is 276 g/mol. The van der Waals surface area contributed by atoms with Crippen LogP contribution >= 0.6 is 0 Å². The Kier molecular flexibility index (Phi) is 6.39. The summed E-state index contributed by atoms with van der Waals surface area (Å²) in [6.45, 7) is 6.47. The molecule has 4 heteroatoms. The van der Waals surface area contributed by atoms with Gasteiger partial charge in [0, 0.05) is 11.3 Å². The molecule has 0 bridgehead atoms. The van der Waals surface area contributed by atoms with Gasteiger partial charge in [0.15, 0.2) is 5.78 Å². The van der Waals surface area contributed by atoms with Crippen LogP contribution < -0.4 is 5.32 Å². The van der Waals surface area contributed by atoms with Crippen LogP contribution in [0.5, 0.6) is 0 Å². The van der Waals surface area contributed by atoms with Crippen molar-refractivity contribution in [1.29, 1.82) is 0 Å². The number of nitrogens with zero attached hydrogens (tertiary/aromatic N) is 1. The molecule has 0 aliphatic carbocycles. The van der Waals surface area contributed by atoms with Crippen molar-refractivity contribution in [3.63, 3.8) is 0 Å². The van der Waals surface area contributed by atoms with Crippen LogP contribution in [0.4, 0.5) is 5.69 Å². The Hall–Kier alpha value is -1.68. The maximum atomic E-state index is 12.1. The first-order chi connectivity index (χ1) is 9.45. The third kappa shape index (κ3) is 4.78. The number of unbranched alkanes of at least 4 members (excludes halogenated alkanes) is 1. The van der Waals surface area contributed by atoms with E-state index in [0.29, 0.717) is 5.56 Å². The minimum absolute atomic E-state index is 0.0237. The molecular formula is C16H24N2O2. The second kappa shape index (κ2) is 7.80. The number of nitrogens with one attached hydrogen (secondary N) is 1. The number of amides is 1. The van der Waals surface area contributed by atoms with Crippen LogP contribution in [0.2, 0.25) is 0 Å². The Balaban J connectivity index is 2.58. The van der Waals surface area contributed by atoms with E-state index in [1.807, 2.05) is 18.9 Å². The van der Waals surface area contributed by atoms with E-state index >= 15 is 0 Å². The molecule has 4 nitrogen and oxygen atoms in total. The largest absolute Gasteiger partial charge is 0.325 e. The Morgan fingerprint density at radius 2 is 1.85 bits per heavy atom. The summed E-state index contributed by atoms with van der Waals surface area (Å²) in [5.74, 6) is -0.00489. The van der Waals surface area contributed by atoms with E-state index in [1.165, 1.54) is 6.92 Å². The molecule has 0 spiro atoms. The average Bonchev–Trinajstić information content (AvgIpc) is 2.44. The van der Waals surface area contributed by atoms with Crippen LogP contribution in [0, 0.1) is 0 Å². The second-order valence-corrected chi connectivity index (χ2v) is 5.13. The fraction of sp³-hybridized carbons (Fsp3) is 0.500. The molecule has 1 atom stereocenters. The van der Waals surface area contributed by atoms with Gasteiger partial charge in [0.2, 0.25) is 5.91 Å². The minimum atomic E-state index is -0.172. The van der Waals surface area contributed by atoms with Gasteiger partial charge in [0.1, 0.15) is 0 Å². The van der Waals surface area contributed by atoms with Gasteiger partial charge in [-0.1, -0.05) is 13.3 Å². The highest BCUT2D eigenvalue weighted by Gasteiger charge is 2.17. The lowest BCUT2D eigenvalue weighted by Crippen LogP contribution is -2.40. The number of rotatable bonds is 7. The Labute approximate surface area is 121 Å². The van der Waals surface area contributed by atoms with Crippen molar-refractivity contribution in [2.75, 3.05) is 18.9 Å². The molecule has 0 heterocycles. The smallest absolute Gasteiger partial charge is 0.241 e. The molecule has 1 aromatic carbocycles. The van der Waals surface area contributed by atoms with Gasteiger partial charge in [-0.15, -0.1) is 0 Å². The molecule has 0 saturated heterocycles. The molecule has 1 amide bonds. The van der Waals surface area contributed by atoms with Gasteiger partial charge < -0.3 is 5.32 Å². The zero-order chi connectivity index (χ0) is 15.1. The fourth-order valence-corrected chi connectivity index (χ4v) is 1.84. The Bertz CT molecular complexity index is 454. The zero-order valence-electron chi connectivity index (χ0n) is 12.8. The Morgan fingerprint density at radius 1 is 1.25 bits per heavy atom. The molecule has 0 saturated carbocycles. The molecule has 0 aliphatic rings. The van der Waals surface area contributed by atoms with Crippen molar-refractivity contribution in [1.82, 2.24) is 4.90 Å². The summed E-state index contributed by atoms with van der Waals surface area (Å²) in [7, 11) is 1.96. The number of hydrogen-bond donors (Lipinski definition) is 1. The van der Waals surface area contributed by atoms with Gasteiger partial charge in [-0.2, -0.15) is 0 Å². The highest BCUT2D eigenvalue weighted by atomic mass is 16.2. The van der Waals surface area contributed by atoms with Crippen LogP contribution in [0.1, 0.15) is 44.0 Å². The molecule has 110 valence electrons. The number of likely N-dealkylation sites (N-methyl/N-ethyl adjacent to an activating group) is 1. The monoisotopic (exact) mass is 276 g/mol. The molecule has 0 aliphatic heterocycles. The van der Waals surface area contributed by atoms with E-state index in [0.717, 1.165) is 25.1 Å². The minimum Gasteiger partial charge on any atom is -0.325 e. The molecule has 1 aromatic rings. The van der Waals surface area contributed by atoms with E-state index < -0.39 is 0 Å². The van der Waals surface area contributed by atoms with E-state index in [1.54, 1.807) is 24.3 Å². The topological polar surface area (TPSA) is 49.4 Å². The van der Waals surface area contributed by atoms with Gasteiger partial charge in [0.25, 0.3) is 0 Å². The van der Waals surface area contributed by atoms with Crippen molar-refractivity contribution in [3.8, 4) is 0 Å². The molecule has 1 N–H and O–H groups in total. The maximum absolute atomic E-state index is 12.1. The lowest BCUT2D eigenvalue weighted by atomic mass is 10.1. The van der Waals surface area contributed by atoms with Crippen LogP contribution in [0.15, 0.2) is 24.3 Å². The molecule has 0 fully saturated rings. The van der Waals surface area contributed by atoms with Crippen LogP contribution in [-0.4, -0.2) is 36.2 Å². The quantitative estimate of drug-likeness (QED) is 0.779. The number of ketones is 1. The van der Waals surface area contributed by atoms with Gasteiger partial charge >= 0.3 is 0 Å². The number of carbonyl (C=O) groups is 2. The normalized spacial score (nSPS) is 12.2. The van der Waals surface area contributed by atoms with Crippen molar-refractivity contribution in [2.24, 2.45) is 0 Å². The van der Waals surface area contributed by atoms with E-state index in [2.05, 4.69) is 12.2 Å². The summed E-state index contributed by atoms with van der Waals surface area (Å²) in [6, 6.07) is 6.79. The highest BCUT2D eigenvalue weighted by molar-refractivity contribution is 5.96. The van der Waals surface area contributed by atoms with Gasteiger partial charge in [-0.3, -0.25) is 14.5 Å². The number of Topliss-reactive ketones (excluding diaryl/α,β-unsaturated/α-hetero) is 1. The van der Waals surface area contributed by atoms with Crippen LogP contribution in [0.3, 0.4) is 0 Å². The summed E-state index contributed by atoms with van der Waals surface area (Å²) < 4.78 is 0. The second-order valence-electron chi connectivity index (χ2n) is 5.13. The van der Waals surface area contributed by atoms with E-state index in [9.17, 15) is 9.59 Å². The van der Waals surface area contributed by atoms with Gasteiger partial charge in [0.05, 0.1) is 6.04 Å². The SMILES string of the molecule is CCCCN(C)C(C)C(=O)Nc1ccc(C(C)=O)cc1. The molecule has 20 heavy (non-hydrogen) atoms. The van der Waals surface area contributed by atoms with Crippen LogP contribution in [-0.2, 0) is 4.79 Å². The standard InChI is InChI=1S/C16H24N2O2/c1-5-6-11-18(4)12(2)16(20)17-15-9-7-14(8-10-15)13(3)19/h7-10,12H,5-6,11H2,1-4H3,(H,17,20). The lowest BCUT2D eigenvalue weighted by Gasteiger charge is -2.23. The first kappa shape index (κ1) is 16.4. The predicted molar refractivity (Wildman–Crippen MR) is 82.1 cm³/mol. The summed E-state index contributed by atoms with van der Waals surface area (Å²) >= 11 is 0. The molecule has 0 radical (unpaired) electrons. The van der Waals surface area contributed by atoms with Crippen molar-refractivity contribution < 1.29 is 9.59 Å². The molecule has 1 unspecified atom stereocenters. The zero-order valence-corrected chi connectivity index (χ0v) is 12.8. The fourth-order valence-electron chi connectivity index (χ4n) is 1.84. The number of benzene rings is 1. The molecular weight excluding hydrogens is 252 g/mol. The van der Waals surface area contributed by atoms with E-state index in [-0.39, 0.29) is 17.7 Å². The Morgan fingerprint density at radius 3 is 2.35 bits per heavy atom. The molecule has 0 aromatic heterocycles. The number of anilines is 1.